The molecule has 0 spiro atoms. The van der Waals surface area contributed by atoms with Crippen molar-refractivity contribution in [3.63, 3.8) is 0 Å². The Bertz CT molecular complexity index is 153. The molecule has 0 aromatic rings. The number of carbonyl (C=O) groups is 1. The van der Waals surface area contributed by atoms with Crippen LogP contribution >= 0.6 is 27.7 Å². The van der Waals surface area contributed by atoms with Gasteiger partial charge in [-0.05, 0) is 31.8 Å². The summed E-state index contributed by atoms with van der Waals surface area (Å²) in [6.45, 7) is 6.03. The second-order valence-corrected chi connectivity index (χ2v) is 5.78. The third-order valence-electron chi connectivity index (χ3n) is 1.65. The zero-order valence-corrected chi connectivity index (χ0v) is 10.9. The smallest absolute Gasteiger partial charge is 0.233 e. The van der Waals surface area contributed by atoms with E-state index in [0.717, 1.165) is 17.9 Å². The highest BCUT2D eigenvalue weighted by Crippen LogP contribution is 2.05. The summed E-state index contributed by atoms with van der Waals surface area (Å²) in [7, 11) is 0. The van der Waals surface area contributed by atoms with Crippen molar-refractivity contribution in [2.45, 2.75) is 38.1 Å². The topological polar surface area (TPSA) is 29.1 Å². The molecule has 0 bridgehead atoms. The van der Waals surface area contributed by atoms with Gasteiger partial charge in [0.1, 0.15) is 0 Å². The van der Waals surface area contributed by atoms with Crippen LogP contribution in [0.25, 0.3) is 0 Å². The Labute approximate surface area is 93.4 Å². The largest absolute Gasteiger partial charge is 0.353 e. The first kappa shape index (κ1) is 13.3. The van der Waals surface area contributed by atoms with E-state index in [2.05, 4.69) is 28.2 Å². The van der Waals surface area contributed by atoms with E-state index in [4.69, 9.17) is 0 Å². The molecule has 0 aromatic carbocycles. The molecule has 13 heavy (non-hydrogen) atoms. The third kappa shape index (κ3) is 7.38. The maximum Gasteiger partial charge on any atom is 0.233 e. The summed E-state index contributed by atoms with van der Waals surface area (Å²) in [6.07, 6.45) is 1.05. The number of hydrogen-bond donors (Lipinski definition) is 1. The Morgan fingerprint density at radius 3 is 2.62 bits per heavy atom. The van der Waals surface area contributed by atoms with Gasteiger partial charge in [0.05, 0.1) is 4.83 Å². The molecule has 1 amide bonds. The highest BCUT2D eigenvalue weighted by molar-refractivity contribution is 9.10. The minimum Gasteiger partial charge on any atom is -0.353 e. The molecule has 0 aliphatic heterocycles. The van der Waals surface area contributed by atoms with E-state index in [1.807, 2.05) is 25.6 Å². The molecule has 0 radical (unpaired) electrons. The molecule has 0 rings (SSSR count). The number of amides is 1. The molecular formula is C9H18BrNOS. The number of alkyl halides is 1. The van der Waals surface area contributed by atoms with Crippen LogP contribution < -0.4 is 5.32 Å². The van der Waals surface area contributed by atoms with Gasteiger partial charge in [-0.3, -0.25) is 4.79 Å². The number of hydrogen-bond acceptors (Lipinski definition) is 2. The molecule has 78 valence electrons. The van der Waals surface area contributed by atoms with Crippen molar-refractivity contribution < 1.29 is 4.79 Å². The van der Waals surface area contributed by atoms with Crippen LogP contribution in [0.15, 0.2) is 0 Å². The summed E-state index contributed by atoms with van der Waals surface area (Å²) in [5.41, 5.74) is 0. The average Bonchev–Trinajstić information content (AvgIpc) is 2.04. The van der Waals surface area contributed by atoms with Crippen LogP contribution in [0.4, 0.5) is 0 Å². The van der Waals surface area contributed by atoms with Crippen molar-refractivity contribution in [2.75, 3.05) is 11.5 Å². The maximum atomic E-state index is 11.2. The Morgan fingerprint density at radius 2 is 2.15 bits per heavy atom. The van der Waals surface area contributed by atoms with Gasteiger partial charge in [0.15, 0.2) is 0 Å². The zero-order chi connectivity index (χ0) is 10.3. The molecule has 0 heterocycles. The van der Waals surface area contributed by atoms with Gasteiger partial charge in [-0.2, -0.15) is 11.8 Å². The van der Waals surface area contributed by atoms with Gasteiger partial charge in [-0.1, -0.05) is 22.9 Å². The minimum atomic E-state index is -0.0891. The fourth-order valence-corrected chi connectivity index (χ4v) is 1.78. The molecule has 0 aliphatic carbocycles. The van der Waals surface area contributed by atoms with Crippen LogP contribution in [0, 0.1) is 0 Å². The van der Waals surface area contributed by atoms with Crippen molar-refractivity contribution in [1.29, 1.82) is 0 Å². The second-order valence-electron chi connectivity index (χ2n) is 3.01. The van der Waals surface area contributed by atoms with Crippen molar-refractivity contribution in [1.82, 2.24) is 5.32 Å². The van der Waals surface area contributed by atoms with E-state index in [-0.39, 0.29) is 16.8 Å². The van der Waals surface area contributed by atoms with Crippen molar-refractivity contribution in [3.05, 3.63) is 0 Å². The predicted molar refractivity (Wildman–Crippen MR) is 63.6 cm³/mol. The highest BCUT2D eigenvalue weighted by Gasteiger charge is 2.11. The standard InChI is InChI=1S/C9H18BrNOS/c1-4-13-6-5-7(2)11-9(12)8(3)10/h7-8H,4-6H2,1-3H3,(H,11,12). The zero-order valence-electron chi connectivity index (χ0n) is 8.47. The fourth-order valence-electron chi connectivity index (χ4n) is 0.834. The molecule has 2 unspecified atom stereocenters. The number of carbonyl (C=O) groups excluding carboxylic acids is 1. The van der Waals surface area contributed by atoms with Gasteiger partial charge < -0.3 is 5.32 Å². The van der Waals surface area contributed by atoms with Gasteiger partial charge in [0.2, 0.25) is 5.91 Å². The SMILES string of the molecule is CCSCCC(C)NC(=O)C(C)Br. The average molecular weight is 268 g/mol. The van der Waals surface area contributed by atoms with Crippen LogP contribution in [0.3, 0.4) is 0 Å². The summed E-state index contributed by atoms with van der Waals surface area (Å²) in [6, 6.07) is 0.284. The molecular weight excluding hydrogens is 250 g/mol. The van der Waals surface area contributed by atoms with E-state index in [9.17, 15) is 4.79 Å². The molecule has 4 heteroatoms. The van der Waals surface area contributed by atoms with Gasteiger partial charge in [-0.25, -0.2) is 0 Å². The lowest BCUT2D eigenvalue weighted by Gasteiger charge is -2.14. The second kappa shape index (κ2) is 7.68. The Morgan fingerprint density at radius 1 is 1.54 bits per heavy atom. The summed E-state index contributed by atoms with van der Waals surface area (Å²) >= 11 is 5.14. The number of nitrogens with one attached hydrogen (secondary N) is 1. The number of rotatable bonds is 6. The third-order valence-corrected chi connectivity index (χ3v) is 3.00. The summed E-state index contributed by atoms with van der Waals surface area (Å²) in [4.78, 5) is 11.1. The van der Waals surface area contributed by atoms with E-state index in [0.29, 0.717) is 0 Å². The van der Waals surface area contributed by atoms with Gasteiger partial charge in [0, 0.05) is 6.04 Å². The molecule has 2 nitrogen and oxygen atoms in total. The van der Waals surface area contributed by atoms with Crippen molar-refractivity contribution >= 4 is 33.6 Å². The number of thioether (sulfide) groups is 1. The monoisotopic (exact) mass is 267 g/mol. The number of halogens is 1. The van der Waals surface area contributed by atoms with E-state index in [1.54, 1.807) is 0 Å². The first-order valence-corrected chi connectivity index (χ1v) is 6.67. The molecule has 0 saturated heterocycles. The van der Waals surface area contributed by atoms with Crippen LogP contribution in [-0.2, 0) is 4.79 Å². The van der Waals surface area contributed by atoms with Gasteiger partial charge in [-0.15, -0.1) is 0 Å². The molecule has 1 N–H and O–H groups in total. The van der Waals surface area contributed by atoms with E-state index < -0.39 is 0 Å². The molecule has 0 aliphatic rings. The van der Waals surface area contributed by atoms with Crippen molar-refractivity contribution in [3.8, 4) is 0 Å². The van der Waals surface area contributed by atoms with Crippen molar-refractivity contribution in [2.24, 2.45) is 0 Å². The van der Waals surface area contributed by atoms with Crippen LogP contribution in [-0.4, -0.2) is 28.3 Å². The summed E-state index contributed by atoms with van der Waals surface area (Å²) < 4.78 is 0. The van der Waals surface area contributed by atoms with Crippen LogP contribution in [0.2, 0.25) is 0 Å². The highest BCUT2D eigenvalue weighted by atomic mass is 79.9. The van der Waals surface area contributed by atoms with Gasteiger partial charge >= 0.3 is 0 Å². The molecule has 2 atom stereocenters. The lowest BCUT2D eigenvalue weighted by atomic mass is 10.2. The normalized spacial score (nSPS) is 15.1. The Hall–Kier alpha value is 0.300. The lowest BCUT2D eigenvalue weighted by Crippen LogP contribution is -2.36. The summed E-state index contributed by atoms with van der Waals surface area (Å²) in [5, 5.41) is 2.94. The first-order valence-electron chi connectivity index (χ1n) is 4.60. The Balaban J connectivity index is 3.50. The molecule has 0 saturated carbocycles. The van der Waals surface area contributed by atoms with Gasteiger partial charge in [0.25, 0.3) is 0 Å². The molecule has 0 fully saturated rings. The quantitative estimate of drug-likeness (QED) is 0.592. The van der Waals surface area contributed by atoms with E-state index in [1.165, 1.54) is 0 Å². The predicted octanol–water partition coefficient (Wildman–Crippen LogP) is 2.42. The Kier molecular flexibility index (Phi) is 7.86. The first-order chi connectivity index (χ1) is 6.07. The van der Waals surface area contributed by atoms with Crippen LogP contribution in [0.5, 0.6) is 0 Å². The lowest BCUT2D eigenvalue weighted by molar-refractivity contribution is -0.120. The summed E-state index contributed by atoms with van der Waals surface area (Å²) in [5.74, 6) is 2.35. The molecule has 0 aromatic heterocycles. The maximum absolute atomic E-state index is 11.2. The minimum absolute atomic E-state index is 0.0778. The van der Waals surface area contributed by atoms with E-state index >= 15 is 0 Å². The van der Waals surface area contributed by atoms with Crippen LogP contribution in [0.1, 0.15) is 27.2 Å². The fraction of sp³-hybridized carbons (Fsp3) is 0.889.